The van der Waals surface area contributed by atoms with Crippen LogP contribution in [0.4, 0.5) is 0 Å². The number of cyclic esters (lactones) is 1. The van der Waals surface area contributed by atoms with Crippen LogP contribution in [0.15, 0.2) is 51.6 Å². The molecule has 2 aromatic rings. The van der Waals surface area contributed by atoms with E-state index in [1.807, 2.05) is 38.1 Å². The normalized spacial score (nSPS) is 14.6. The number of nitrogens with zero attached hydrogens (tertiary/aromatic N) is 1. The maximum Gasteiger partial charge on any atom is 0.363 e. The molecule has 0 saturated heterocycles. The Morgan fingerprint density at radius 1 is 1.29 bits per heavy atom. The van der Waals surface area contributed by atoms with E-state index in [1.165, 1.54) is 6.92 Å². The minimum absolute atomic E-state index is 0.174. The number of benzene rings is 2. The van der Waals surface area contributed by atoms with Gasteiger partial charge in [-0.05, 0) is 65.2 Å². The first-order valence-corrected chi connectivity index (χ1v) is 9.41. The fourth-order valence-corrected chi connectivity index (χ4v) is 3.21. The van der Waals surface area contributed by atoms with Gasteiger partial charge in [-0.25, -0.2) is 9.79 Å². The summed E-state index contributed by atoms with van der Waals surface area (Å²) in [7, 11) is 0. The van der Waals surface area contributed by atoms with Gasteiger partial charge in [-0.1, -0.05) is 18.2 Å². The average molecular weight is 444 g/mol. The van der Waals surface area contributed by atoms with Gasteiger partial charge in [0.25, 0.3) is 0 Å². The third-order valence-corrected chi connectivity index (χ3v) is 4.47. The lowest BCUT2D eigenvalue weighted by Crippen LogP contribution is -2.06. The molecule has 28 heavy (non-hydrogen) atoms. The van der Waals surface area contributed by atoms with E-state index in [0.29, 0.717) is 22.4 Å². The Morgan fingerprint density at radius 2 is 2.04 bits per heavy atom. The highest BCUT2D eigenvalue weighted by Crippen LogP contribution is 2.38. The van der Waals surface area contributed by atoms with Crippen molar-refractivity contribution in [3.8, 4) is 11.5 Å². The summed E-state index contributed by atoms with van der Waals surface area (Å²) >= 11 is 3.38. The predicted octanol–water partition coefficient (Wildman–Crippen LogP) is 4.43. The van der Waals surface area contributed by atoms with Gasteiger partial charge in [-0.3, -0.25) is 4.79 Å². The fourth-order valence-electron chi connectivity index (χ4n) is 2.67. The number of esters is 2. The van der Waals surface area contributed by atoms with Gasteiger partial charge >= 0.3 is 11.9 Å². The Labute approximate surface area is 171 Å². The van der Waals surface area contributed by atoms with E-state index < -0.39 is 11.9 Å². The van der Waals surface area contributed by atoms with Gasteiger partial charge in [0.2, 0.25) is 5.90 Å². The molecule has 0 radical (unpaired) electrons. The van der Waals surface area contributed by atoms with E-state index >= 15 is 0 Å². The number of rotatable bonds is 5. The zero-order chi connectivity index (χ0) is 20.3. The number of aliphatic imine (C=N–C) groups is 1. The van der Waals surface area contributed by atoms with Crippen molar-refractivity contribution in [2.24, 2.45) is 4.99 Å². The number of ether oxygens (including phenoxy) is 3. The second-order valence-electron chi connectivity index (χ2n) is 6.01. The minimum Gasteiger partial charge on any atom is -0.490 e. The van der Waals surface area contributed by atoms with E-state index in [2.05, 4.69) is 20.9 Å². The van der Waals surface area contributed by atoms with Crippen LogP contribution in [0.2, 0.25) is 0 Å². The number of hydrogen-bond acceptors (Lipinski definition) is 6. The number of halogens is 1. The first kappa shape index (κ1) is 19.8. The Kier molecular flexibility index (Phi) is 5.94. The van der Waals surface area contributed by atoms with Gasteiger partial charge in [-0.2, -0.15) is 0 Å². The van der Waals surface area contributed by atoms with Crippen molar-refractivity contribution in [2.45, 2.75) is 20.8 Å². The number of aryl methyl sites for hydroxylation is 1. The number of carbonyl (C=O) groups is 2. The molecule has 0 bridgehead atoms. The number of carbonyl (C=O) groups excluding carboxylic acids is 2. The van der Waals surface area contributed by atoms with Crippen LogP contribution in [0.1, 0.15) is 30.5 Å². The van der Waals surface area contributed by atoms with Crippen molar-refractivity contribution in [3.05, 3.63) is 63.3 Å². The zero-order valence-corrected chi connectivity index (χ0v) is 17.2. The highest BCUT2D eigenvalue weighted by atomic mass is 79.9. The van der Waals surface area contributed by atoms with Crippen molar-refractivity contribution in [1.82, 2.24) is 0 Å². The topological polar surface area (TPSA) is 74.2 Å². The molecule has 0 aliphatic carbocycles. The van der Waals surface area contributed by atoms with E-state index in [0.717, 1.165) is 11.1 Å². The maximum atomic E-state index is 12.3. The molecule has 1 heterocycles. The first-order chi connectivity index (χ1) is 13.4. The van der Waals surface area contributed by atoms with Crippen LogP contribution in [0, 0.1) is 6.92 Å². The lowest BCUT2D eigenvalue weighted by atomic mass is 10.1. The van der Waals surface area contributed by atoms with Crippen LogP contribution in [-0.2, 0) is 14.3 Å². The molecular weight excluding hydrogens is 426 g/mol. The molecule has 144 valence electrons. The second kappa shape index (κ2) is 8.39. The quantitative estimate of drug-likeness (QED) is 0.388. The lowest BCUT2D eigenvalue weighted by molar-refractivity contribution is -0.132. The fraction of sp³-hybridized carbons (Fsp3) is 0.190. The minimum atomic E-state index is -0.531. The first-order valence-electron chi connectivity index (χ1n) is 8.62. The molecule has 7 heteroatoms. The summed E-state index contributed by atoms with van der Waals surface area (Å²) in [4.78, 5) is 27.9. The van der Waals surface area contributed by atoms with Gasteiger partial charge in [0.15, 0.2) is 17.2 Å². The highest BCUT2D eigenvalue weighted by Gasteiger charge is 2.25. The van der Waals surface area contributed by atoms with Gasteiger partial charge in [-0.15, -0.1) is 0 Å². The monoisotopic (exact) mass is 443 g/mol. The highest BCUT2D eigenvalue weighted by molar-refractivity contribution is 9.10. The van der Waals surface area contributed by atoms with Crippen molar-refractivity contribution in [3.63, 3.8) is 0 Å². The Bertz CT molecular complexity index is 1010. The summed E-state index contributed by atoms with van der Waals surface area (Å²) in [5.74, 6) is -0.0472. The Morgan fingerprint density at radius 3 is 2.71 bits per heavy atom. The van der Waals surface area contributed by atoms with E-state index in [-0.39, 0.29) is 17.3 Å². The van der Waals surface area contributed by atoms with Crippen LogP contribution in [0.5, 0.6) is 11.5 Å². The predicted molar refractivity (Wildman–Crippen MR) is 108 cm³/mol. The third-order valence-electron chi connectivity index (χ3n) is 3.88. The molecule has 0 unspecified atom stereocenters. The average Bonchev–Trinajstić information content (AvgIpc) is 2.99. The molecule has 1 aliphatic rings. The molecule has 0 aromatic heterocycles. The molecule has 6 nitrogen and oxygen atoms in total. The molecule has 0 amide bonds. The Hall–Kier alpha value is -2.93. The third kappa shape index (κ3) is 4.31. The van der Waals surface area contributed by atoms with Crippen molar-refractivity contribution < 1.29 is 23.8 Å². The molecule has 2 aromatic carbocycles. The smallest absolute Gasteiger partial charge is 0.363 e. The molecular formula is C21H18BrNO5. The second-order valence-corrected chi connectivity index (χ2v) is 6.86. The zero-order valence-electron chi connectivity index (χ0n) is 15.6. The van der Waals surface area contributed by atoms with Crippen LogP contribution in [0.3, 0.4) is 0 Å². The van der Waals surface area contributed by atoms with Crippen molar-refractivity contribution in [1.29, 1.82) is 0 Å². The summed E-state index contributed by atoms with van der Waals surface area (Å²) in [6.45, 7) is 5.45. The summed E-state index contributed by atoms with van der Waals surface area (Å²) in [6, 6.07) is 10.9. The maximum absolute atomic E-state index is 12.3. The largest absolute Gasteiger partial charge is 0.490 e. The van der Waals surface area contributed by atoms with Crippen LogP contribution in [0.25, 0.3) is 6.08 Å². The molecule has 0 fully saturated rings. The van der Waals surface area contributed by atoms with E-state index in [1.54, 1.807) is 18.2 Å². The van der Waals surface area contributed by atoms with Gasteiger partial charge in [0, 0.05) is 12.5 Å². The van der Waals surface area contributed by atoms with Crippen molar-refractivity contribution in [2.75, 3.05) is 6.61 Å². The van der Waals surface area contributed by atoms with Gasteiger partial charge in [0.1, 0.15) is 0 Å². The SMILES string of the molecule is CCOc1cc(/C=C2\N=C(c3ccccc3C)OC2=O)cc(Br)c1OC(C)=O. The molecule has 3 rings (SSSR count). The lowest BCUT2D eigenvalue weighted by Gasteiger charge is -2.12. The van der Waals surface area contributed by atoms with Crippen LogP contribution >= 0.6 is 15.9 Å². The molecule has 0 spiro atoms. The molecule has 0 saturated carbocycles. The molecule has 1 aliphatic heterocycles. The van der Waals surface area contributed by atoms with E-state index in [4.69, 9.17) is 14.2 Å². The summed E-state index contributed by atoms with van der Waals surface area (Å²) in [5.41, 5.74) is 2.55. The summed E-state index contributed by atoms with van der Waals surface area (Å²) in [5, 5.41) is 0. The Balaban J connectivity index is 1.99. The van der Waals surface area contributed by atoms with Crippen LogP contribution < -0.4 is 9.47 Å². The molecule has 0 atom stereocenters. The van der Waals surface area contributed by atoms with E-state index in [9.17, 15) is 9.59 Å². The summed E-state index contributed by atoms with van der Waals surface area (Å²) in [6.07, 6.45) is 1.60. The van der Waals surface area contributed by atoms with Crippen LogP contribution in [-0.4, -0.2) is 24.4 Å². The molecule has 0 N–H and O–H groups in total. The number of hydrogen-bond donors (Lipinski definition) is 0. The van der Waals surface area contributed by atoms with Gasteiger partial charge < -0.3 is 14.2 Å². The summed E-state index contributed by atoms with van der Waals surface area (Å²) < 4.78 is 16.6. The van der Waals surface area contributed by atoms with Crippen molar-refractivity contribution >= 4 is 39.8 Å². The van der Waals surface area contributed by atoms with Gasteiger partial charge in [0.05, 0.1) is 11.1 Å². The standard InChI is InChI=1S/C21H18BrNO5/c1-4-26-18-11-14(9-16(22)19(18)27-13(3)24)10-17-21(25)28-20(23-17)15-8-6-5-7-12(15)2/h5-11H,4H2,1-3H3/b17-10-.